The molecule has 2 unspecified atom stereocenters. The van der Waals surface area contributed by atoms with Crippen molar-refractivity contribution >= 4 is 17.6 Å². The molecule has 2 saturated heterocycles. The zero-order chi connectivity index (χ0) is 24.6. The molecule has 2 aliphatic heterocycles. The van der Waals surface area contributed by atoms with Crippen molar-refractivity contribution in [3.63, 3.8) is 0 Å². The smallest absolute Gasteiger partial charge is 0.410 e. The molecule has 1 spiro atoms. The van der Waals surface area contributed by atoms with Crippen LogP contribution in [0.1, 0.15) is 45.6 Å². The minimum Gasteiger partial charge on any atom is -0.444 e. The molecule has 3 aliphatic rings. The Hall–Kier alpha value is -2.71. The lowest BCUT2D eigenvalue weighted by Crippen LogP contribution is -2.71. The maximum atomic E-state index is 16.1. The molecular formula is C26H33FN2O5. The molecule has 0 aromatic heterocycles. The van der Waals surface area contributed by atoms with Gasteiger partial charge in [-0.05, 0) is 45.6 Å². The number of benzene rings is 1. The predicted octanol–water partition coefficient (Wildman–Crippen LogP) is 3.59. The number of hydrogen-bond acceptors (Lipinski definition) is 5. The molecule has 2 amide bonds. The largest absolute Gasteiger partial charge is 0.444 e. The molecule has 1 aromatic rings. The fourth-order valence-electron chi connectivity index (χ4n) is 5.19. The molecule has 7 nitrogen and oxygen atoms in total. The molecule has 8 heteroatoms. The summed E-state index contributed by atoms with van der Waals surface area (Å²) in [5.41, 5.74) is -0.854. The molecule has 4 atom stereocenters. The van der Waals surface area contributed by atoms with Gasteiger partial charge in [-0.15, -0.1) is 0 Å². The zero-order valence-corrected chi connectivity index (χ0v) is 19.9. The summed E-state index contributed by atoms with van der Waals surface area (Å²) in [4.78, 5) is 27.1. The molecule has 1 aromatic carbocycles. The average Bonchev–Trinajstić information content (AvgIpc) is 2.75. The van der Waals surface area contributed by atoms with Crippen molar-refractivity contribution in [2.75, 3.05) is 19.8 Å². The highest BCUT2D eigenvalue weighted by molar-refractivity contribution is 5.79. The zero-order valence-electron chi connectivity index (χ0n) is 19.9. The number of likely N-dealkylation sites (tertiary alicyclic amines) is 1. The van der Waals surface area contributed by atoms with Gasteiger partial charge >= 0.3 is 6.09 Å². The molecule has 2 heterocycles. The van der Waals surface area contributed by atoms with Crippen LogP contribution in [0.3, 0.4) is 0 Å². The first-order chi connectivity index (χ1) is 16.0. The summed E-state index contributed by atoms with van der Waals surface area (Å²) in [7, 11) is 0. The summed E-state index contributed by atoms with van der Waals surface area (Å²) < 4.78 is 27.3. The Morgan fingerprint density at radius 3 is 2.74 bits per heavy atom. The Labute approximate surface area is 199 Å². The van der Waals surface area contributed by atoms with E-state index in [0.717, 1.165) is 0 Å². The number of hydrogen-bond donors (Lipinski definition) is 2. The van der Waals surface area contributed by atoms with Gasteiger partial charge in [-0.3, -0.25) is 4.79 Å². The van der Waals surface area contributed by atoms with Gasteiger partial charge in [0.15, 0.2) is 0 Å². The van der Waals surface area contributed by atoms with E-state index in [-0.39, 0.29) is 31.1 Å². The number of halogens is 1. The van der Waals surface area contributed by atoms with Crippen LogP contribution in [0.2, 0.25) is 0 Å². The third-order valence-corrected chi connectivity index (χ3v) is 6.68. The van der Waals surface area contributed by atoms with Crippen LogP contribution in [0.25, 0.3) is 5.57 Å². The fourth-order valence-corrected chi connectivity index (χ4v) is 5.19. The number of amides is 2. The van der Waals surface area contributed by atoms with Crippen LogP contribution in [0, 0.1) is 5.92 Å². The maximum absolute atomic E-state index is 16.1. The molecule has 4 rings (SSSR count). The van der Waals surface area contributed by atoms with Crippen molar-refractivity contribution in [1.29, 1.82) is 0 Å². The predicted molar refractivity (Wildman–Crippen MR) is 125 cm³/mol. The number of aliphatic hydroxyl groups is 1. The normalized spacial score (nSPS) is 31.7. The Bertz CT molecular complexity index is 981. The standard InChI is InChI=1S/C26H33FN2O5/c1-24(2,3)34-23(31)29-14-8-13-25(17-33-16-22(30)28-25)21(29)15-19-11-7-12-20(26(19,27)32)18-9-5-4-6-10-18/h4-7,9-12,19,21,32H,8,13-17H2,1-3H3,(H,28,30)/t19?,21-,25+,26?/m0/s1. The van der Waals surface area contributed by atoms with Crippen molar-refractivity contribution in [3.8, 4) is 0 Å². The molecular weight excluding hydrogens is 439 g/mol. The molecule has 184 valence electrons. The van der Waals surface area contributed by atoms with Gasteiger partial charge in [0.05, 0.1) is 18.2 Å². The number of ether oxygens (including phenoxy) is 2. The first kappa shape index (κ1) is 24.4. The second kappa shape index (κ2) is 9.15. The second-order valence-corrected chi connectivity index (χ2v) is 10.3. The van der Waals surface area contributed by atoms with Gasteiger partial charge in [-0.2, -0.15) is 0 Å². The van der Waals surface area contributed by atoms with E-state index in [9.17, 15) is 14.7 Å². The highest BCUT2D eigenvalue weighted by atomic mass is 19.2. The quantitative estimate of drug-likeness (QED) is 0.702. The lowest BCUT2D eigenvalue weighted by atomic mass is 9.73. The molecule has 2 N–H and O–H groups in total. The van der Waals surface area contributed by atoms with E-state index in [1.807, 2.05) is 6.07 Å². The lowest BCUT2D eigenvalue weighted by molar-refractivity contribution is -0.143. The van der Waals surface area contributed by atoms with E-state index < -0.39 is 35.0 Å². The summed E-state index contributed by atoms with van der Waals surface area (Å²) in [6.45, 7) is 5.90. The van der Waals surface area contributed by atoms with Crippen LogP contribution >= 0.6 is 0 Å². The SMILES string of the molecule is CC(C)(C)OC(=O)N1CCC[C@@]2(COCC(=O)N2)[C@@H]1CC1C=CC=C(c2ccccc2)C1(O)F. The van der Waals surface area contributed by atoms with E-state index in [2.05, 4.69) is 5.32 Å². The molecule has 1 aliphatic carbocycles. The monoisotopic (exact) mass is 472 g/mol. The van der Waals surface area contributed by atoms with Crippen LogP contribution in [0.5, 0.6) is 0 Å². The first-order valence-electron chi connectivity index (χ1n) is 11.8. The van der Waals surface area contributed by atoms with Gasteiger partial charge in [-0.1, -0.05) is 48.6 Å². The van der Waals surface area contributed by atoms with Crippen molar-refractivity contribution in [2.45, 2.75) is 63.1 Å². The summed E-state index contributed by atoms with van der Waals surface area (Å²) in [5.74, 6) is -3.88. The summed E-state index contributed by atoms with van der Waals surface area (Å²) in [6.07, 6.45) is 5.67. The van der Waals surface area contributed by atoms with E-state index >= 15 is 4.39 Å². The van der Waals surface area contributed by atoms with Crippen molar-refractivity contribution in [1.82, 2.24) is 10.2 Å². The van der Waals surface area contributed by atoms with Gasteiger partial charge in [0.2, 0.25) is 11.8 Å². The number of carbonyl (C=O) groups excluding carboxylic acids is 2. The van der Waals surface area contributed by atoms with Crippen molar-refractivity contribution in [3.05, 3.63) is 54.1 Å². The lowest BCUT2D eigenvalue weighted by Gasteiger charge is -2.52. The van der Waals surface area contributed by atoms with Crippen LogP contribution < -0.4 is 5.32 Å². The van der Waals surface area contributed by atoms with E-state index in [4.69, 9.17) is 9.47 Å². The Balaban J connectivity index is 1.67. The van der Waals surface area contributed by atoms with E-state index in [0.29, 0.717) is 24.9 Å². The number of nitrogens with one attached hydrogen (secondary N) is 1. The second-order valence-electron chi connectivity index (χ2n) is 10.3. The molecule has 2 fully saturated rings. The third-order valence-electron chi connectivity index (χ3n) is 6.68. The fraction of sp³-hybridized carbons (Fsp3) is 0.538. The summed E-state index contributed by atoms with van der Waals surface area (Å²) in [5, 5.41) is 14.1. The average molecular weight is 473 g/mol. The van der Waals surface area contributed by atoms with Crippen LogP contribution in [0.4, 0.5) is 9.18 Å². The van der Waals surface area contributed by atoms with Gasteiger partial charge in [0.1, 0.15) is 12.2 Å². The Morgan fingerprint density at radius 2 is 2.06 bits per heavy atom. The Kier molecular flexibility index (Phi) is 6.57. The number of piperidine rings is 1. The molecule has 0 bridgehead atoms. The first-order valence-corrected chi connectivity index (χ1v) is 11.8. The minimum absolute atomic E-state index is 0.0574. The van der Waals surface area contributed by atoms with Crippen LogP contribution in [-0.2, 0) is 14.3 Å². The van der Waals surface area contributed by atoms with Crippen molar-refractivity contribution < 1.29 is 28.6 Å². The number of rotatable bonds is 3. The topological polar surface area (TPSA) is 88.1 Å². The molecule has 0 radical (unpaired) electrons. The number of alkyl halides is 1. The van der Waals surface area contributed by atoms with E-state index in [1.54, 1.807) is 68.2 Å². The number of allylic oxidation sites excluding steroid dienone is 2. The number of nitrogens with zero attached hydrogens (tertiary/aromatic N) is 1. The van der Waals surface area contributed by atoms with Gasteiger partial charge in [0.25, 0.3) is 0 Å². The highest BCUT2D eigenvalue weighted by Crippen LogP contribution is 2.44. The maximum Gasteiger partial charge on any atom is 0.410 e. The summed E-state index contributed by atoms with van der Waals surface area (Å²) in [6, 6.07) is 8.26. The Morgan fingerprint density at radius 1 is 1.32 bits per heavy atom. The molecule has 34 heavy (non-hydrogen) atoms. The van der Waals surface area contributed by atoms with Crippen LogP contribution in [-0.4, -0.2) is 64.8 Å². The van der Waals surface area contributed by atoms with Gasteiger partial charge < -0.3 is 24.8 Å². The molecule has 0 saturated carbocycles. The summed E-state index contributed by atoms with van der Waals surface area (Å²) >= 11 is 0. The van der Waals surface area contributed by atoms with E-state index in [1.165, 1.54) is 0 Å². The van der Waals surface area contributed by atoms with Gasteiger partial charge in [-0.25, -0.2) is 9.18 Å². The number of carbonyl (C=O) groups is 2. The third kappa shape index (κ3) is 4.88. The van der Waals surface area contributed by atoms with Crippen molar-refractivity contribution in [2.24, 2.45) is 5.92 Å². The van der Waals surface area contributed by atoms with Crippen LogP contribution in [0.15, 0.2) is 48.6 Å². The minimum atomic E-state index is -2.66. The highest BCUT2D eigenvalue weighted by Gasteiger charge is 2.53. The van der Waals surface area contributed by atoms with Gasteiger partial charge in [0, 0.05) is 18.0 Å². The number of morpholine rings is 1.